The van der Waals surface area contributed by atoms with E-state index in [9.17, 15) is 9.59 Å². The maximum absolute atomic E-state index is 14.3. The van der Waals surface area contributed by atoms with Gasteiger partial charge in [0.1, 0.15) is 5.56 Å². The number of carbonyl (C=O) groups excluding carboxylic acids is 1. The van der Waals surface area contributed by atoms with Gasteiger partial charge < -0.3 is 10.6 Å². The maximum Gasteiger partial charge on any atom is 0.264 e. The molecule has 2 N–H and O–H groups in total. The highest BCUT2D eigenvalue weighted by Gasteiger charge is 2.24. The molecule has 1 atom stereocenters. The lowest BCUT2D eigenvalue weighted by Gasteiger charge is -2.21. The van der Waals surface area contributed by atoms with Crippen molar-refractivity contribution in [2.75, 3.05) is 12.4 Å². The highest BCUT2D eigenvalue weighted by molar-refractivity contribution is 6.04. The lowest BCUT2D eigenvalue weighted by atomic mass is 10.0. The molecule has 212 valence electrons. The third-order valence-electron chi connectivity index (χ3n) is 7.80. The molecular formula is C33H28N8O2. The van der Waals surface area contributed by atoms with Gasteiger partial charge in [-0.15, -0.1) is 5.10 Å². The summed E-state index contributed by atoms with van der Waals surface area (Å²) in [6.45, 7) is 2.77. The minimum absolute atomic E-state index is 0.210. The summed E-state index contributed by atoms with van der Waals surface area (Å²) in [5.41, 5.74) is 4.56. The number of benzene rings is 2. The quantitative estimate of drug-likeness (QED) is 0.303. The van der Waals surface area contributed by atoms with Crippen LogP contribution in [0.5, 0.6) is 0 Å². The van der Waals surface area contributed by atoms with Crippen molar-refractivity contribution < 1.29 is 4.79 Å². The summed E-state index contributed by atoms with van der Waals surface area (Å²) in [6, 6.07) is 18.3. The number of nitrogens with one attached hydrogen (secondary N) is 2. The molecule has 4 aromatic heterocycles. The average Bonchev–Trinajstić information content (AvgIpc) is 3.75. The summed E-state index contributed by atoms with van der Waals surface area (Å²) in [5, 5.41) is 16.2. The Morgan fingerprint density at radius 2 is 1.88 bits per heavy atom. The van der Waals surface area contributed by atoms with Gasteiger partial charge in [-0.3, -0.25) is 18.8 Å². The summed E-state index contributed by atoms with van der Waals surface area (Å²) >= 11 is 0. The van der Waals surface area contributed by atoms with Crippen LogP contribution in [0.3, 0.4) is 0 Å². The number of para-hydroxylation sites is 1. The van der Waals surface area contributed by atoms with Crippen molar-refractivity contribution in [3.05, 3.63) is 118 Å². The molecular weight excluding hydrogens is 540 g/mol. The lowest BCUT2D eigenvalue weighted by molar-refractivity contribution is 0.0941. The number of aryl methyl sites for hydroxylation is 1. The summed E-state index contributed by atoms with van der Waals surface area (Å²) in [6.07, 6.45) is 7.18. The molecule has 10 nitrogen and oxygen atoms in total. The molecule has 43 heavy (non-hydrogen) atoms. The van der Waals surface area contributed by atoms with Crippen LogP contribution in [0.2, 0.25) is 0 Å². The lowest BCUT2D eigenvalue weighted by Crippen LogP contribution is -2.32. The number of amides is 1. The van der Waals surface area contributed by atoms with Crippen molar-refractivity contribution in [3.63, 3.8) is 0 Å². The molecule has 0 spiro atoms. The molecule has 1 aliphatic rings. The van der Waals surface area contributed by atoms with Gasteiger partial charge in [0.15, 0.2) is 11.5 Å². The third-order valence-corrected chi connectivity index (χ3v) is 7.80. The first kappa shape index (κ1) is 26.2. The normalized spacial score (nSPS) is 13.0. The molecule has 0 saturated carbocycles. The predicted octanol–water partition coefficient (Wildman–Crippen LogP) is 4.11. The van der Waals surface area contributed by atoms with E-state index < -0.39 is 6.04 Å². The number of fused-ring (bicyclic) bond motifs is 3. The van der Waals surface area contributed by atoms with Gasteiger partial charge in [0.25, 0.3) is 11.5 Å². The Morgan fingerprint density at radius 3 is 2.72 bits per heavy atom. The van der Waals surface area contributed by atoms with Gasteiger partial charge in [-0.05, 0) is 55.5 Å². The second kappa shape index (κ2) is 10.6. The molecule has 0 fully saturated rings. The van der Waals surface area contributed by atoms with Gasteiger partial charge in [-0.2, -0.15) is 5.10 Å². The van der Waals surface area contributed by atoms with E-state index in [2.05, 4.69) is 37.7 Å². The minimum atomic E-state index is -0.544. The Hall–Kier alpha value is -5.69. The fraction of sp³-hybridized carbons (Fsp3) is 0.182. The van der Waals surface area contributed by atoms with Crippen LogP contribution in [-0.4, -0.2) is 41.9 Å². The molecule has 1 amide bonds. The fourth-order valence-corrected chi connectivity index (χ4v) is 5.76. The number of hydrogen-bond acceptors (Lipinski definition) is 6. The Kier molecular flexibility index (Phi) is 6.47. The van der Waals surface area contributed by atoms with E-state index in [1.165, 1.54) is 0 Å². The number of aromatic nitrogens is 6. The van der Waals surface area contributed by atoms with Gasteiger partial charge in [0, 0.05) is 42.9 Å². The van der Waals surface area contributed by atoms with Gasteiger partial charge in [-0.1, -0.05) is 42.2 Å². The third kappa shape index (κ3) is 4.51. The maximum atomic E-state index is 14.3. The summed E-state index contributed by atoms with van der Waals surface area (Å²) < 4.78 is 5.21. The van der Waals surface area contributed by atoms with Gasteiger partial charge in [0.2, 0.25) is 0 Å². The SMILES string of the molecule is CNc1nn2cccnc2c1C(=O)NC(C)c1cc2cccc(C#Cc3cnn4c3CCC4)c2c(=O)n1-c1ccccc1. The average molecular weight is 569 g/mol. The number of hydrogen-bond donors (Lipinski definition) is 2. The van der Waals surface area contributed by atoms with E-state index in [-0.39, 0.29) is 11.5 Å². The van der Waals surface area contributed by atoms with Crippen LogP contribution in [0, 0.1) is 11.8 Å². The molecule has 6 aromatic rings. The molecule has 0 radical (unpaired) electrons. The smallest absolute Gasteiger partial charge is 0.264 e. The molecule has 7 rings (SSSR count). The van der Waals surface area contributed by atoms with Crippen LogP contribution < -0.4 is 16.2 Å². The molecule has 5 heterocycles. The molecule has 1 unspecified atom stereocenters. The Morgan fingerprint density at radius 1 is 1.05 bits per heavy atom. The zero-order valence-corrected chi connectivity index (χ0v) is 23.7. The van der Waals surface area contributed by atoms with Crippen molar-refractivity contribution in [3.8, 4) is 17.5 Å². The highest BCUT2D eigenvalue weighted by atomic mass is 16.2. The van der Waals surface area contributed by atoms with E-state index in [0.29, 0.717) is 39.4 Å². The van der Waals surface area contributed by atoms with Crippen molar-refractivity contribution in [1.29, 1.82) is 0 Å². The van der Waals surface area contributed by atoms with Crippen molar-refractivity contribution >= 4 is 28.1 Å². The van der Waals surface area contributed by atoms with Crippen molar-refractivity contribution in [2.45, 2.75) is 32.4 Å². The molecule has 0 saturated heterocycles. The fourth-order valence-electron chi connectivity index (χ4n) is 5.76. The van der Waals surface area contributed by atoms with Crippen LogP contribution >= 0.6 is 0 Å². The number of pyridine rings is 1. The largest absolute Gasteiger partial charge is 0.371 e. The van der Waals surface area contributed by atoms with Crippen LogP contribution in [0.1, 0.15) is 52.3 Å². The molecule has 2 aromatic carbocycles. The summed E-state index contributed by atoms with van der Waals surface area (Å²) in [4.78, 5) is 32.4. The standard InChI is InChI=1S/C33H28N8O2/c1-21(37-32(42)29-30(34-2)38-40-18-8-16-35-31(29)40)27-19-23-10-6-9-22(14-15-24-20-36-39-17-7-13-26(24)39)28(23)33(43)41(27)25-11-4-3-5-12-25/h3-6,8-12,16,18-21H,7,13,17H2,1-2H3,(H,34,38)(H,37,42). The minimum Gasteiger partial charge on any atom is -0.371 e. The first-order chi connectivity index (χ1) is 21.0. The molecule has 0 aliphatic carbocycles. The molecule has 10 heteroatoms. The molecule has 0 bridgehead atoms. The van der Waals surface area contributed by atoms with Gasteiger partial charge in [-0.25, -0.2) is 9.50 Å². The first-order valence-electron chi connectivity index (χ1n) is 14.2. The zero-order valence-electron chi connectivity index (χ0n) is 23.7. The number of rotatable bonds is 5. The monoisotopic (exact) mass is 568 g/mol. The van der Waals surface area contributed by atoms with E-state index in [0.717, 1.165) is 36.0 Å². The van der Waals surface area contributed by atoms with E-state index in [1.807, 2.05) is 66.2 Å². The zero-order chi connectivity index (χ0) is 29.5. The van der Waals surface area contributed by atoms with Crippen molar-refractivity contribution in [2.24, 2.45) is 0 Å². The number of anilines is 1. The topological polar surface area (TPSA) is 111 Å². The second-order valence-electron chi connectivity index (χ2n) is 10.5. The van der Waals surface area contributed by atoms with Crippen LogP contribution in [-0.2, 0) is 13.0 Å². The highest BCUT2D eigenvalue weighted by Crippen LogP contribution is 2.25. The van der Waals surface area contributed by atoms with Crippen LogP contribution in [0.25, 0.3) is 22.1 Å². The van der Waals surface area contributed by atoms with Crippen LogP contribution in [0.4, 0.5) is 5.82 Å². The van der Waals surface area contributed by atoms with E-state index in [1.54, 1.807) is 40.8 Å². The number of carbonyl (C=O) groups is 1. The van der Waals surface area contributed by atoms with E-state index >= 15 is 0 Å². The van der Waals surface area contributed by atoms with Crippen molar-refractivity contribution in [1.82, 2.24) is 34.3 Å². The summed E-state index contributed by atoms with van der Waals surface area (Å²) in [5.74, 6) is 6.58. The predicted molar refractivity (Wildman–Crippen MR) is 164 cm³/mol. The second-order valence-corrected chi connectivity index (χ2v) is 10.5. The van der Waals surface area contributed by atoms with Crippen LogP contribution in [0.15, 0.2) is 84.0 Å². The van der Waals surface area contributed by atoms with Gasteiger partial charge in [0.05, 0.1) is 28.9 Å². The molecule has 1 aliphatic heterocycles. The summed E-state index contributed by atoms with van der Waals surface area (Å²) in [7, 11) is 1.71. The Balaban J connectivity index is 1.34. The van der Waals surface area contributed by atoms with Gasteiger partial charge >= 0.3 is 0 Å². The number of nitrogens with zero attached hydrogens (tertiary/aromatic N) is 6. The Bertz CT molecular complexity index is 2150. The first-order valence-corrected chi connectivity index (χ1v) is 14.2. The Labute approximate surface area is 247 Å². The van der Waals surface area contributed by atoms with E-state index in [4.69, 9.17) is 0 Å².